The maximum Gasteiger partial charge on any atom is 0.311 e. The molecule has 1 aliphatic heterocycles. The first kappa shape index (κ1) is 18.2. The van der Waals surface area contributed by atoms with E-state index >= 15 is 0 Å². The summed E-state index contributed by atoms with van der Waals surface area (Å²) in [7, 11) is 1.81. The number of carbonyl (C=O) groups is 2. The van der Waals surface area contributed by atoms with Crippen molar-refractivity contribution in [2.45, 2.75) is 25.8 Å². The van der Waals surface area contributed by atoms with Gasteiger partial charge in [-0.25, -0.2) is 0 Å². The largest absolute Gasteiger partial charge is 0.481 e. The molecule has 2 atom stereocenters. The van der Waals surface area contributed by atoms with Gasteiger partial charge in [-0.05, 0) is 30.2 Å². The van der Waals surface area contributed by atoms with Crippen molar-refractivity contribution >= 4 is 35.6 Å². The highest BCUT2D eigenvalue weighted by atomic mass is 35.5. The molecule has 1 N–H and O–H groups in total. The Labute approximate surface area is 146 Å². The Morgan fingerprint density at radius 3 is 2.91 bits per heavy atom. The average molecular weight is 359 g/mol. The van der Waals surface area contributed by atoms with Gasteiger partial charge in [0.15, 0.2) is 0 Å². The standard InChI is InChI=1S/C16H22N2O3S.ClH/c1-17(9-13-5-3-7-22-13)14(19)10-18-8-12-4-2-6-16(12,11-18)15(20)21;/h3,5,7,12H,2,4,6,8-11H2,1H3,(H,20,21);1H/t12-,16+;/m0./s1. The molecule has 1 aromatic rings. The predicted octanol–water partition coefficient (Wildman–Crippen LogP) is 2.32. The van der Waals surface area contributed by atoms with Crippen LogP contribution in [0.15, 0.2) is 17.5 Å². The zero-order valence-corrected chi connectivity index (χ0v) is 14.9. The van der Waals surface area contributed by atoms with Gasteiger partial charge in [-0.15, -0.1) is 23.7 Å². The summed E-state index contributed by atoms with van der Waals surface area (Å²) in [5, 5.41) is 11.6. The second-order valence-electron chi connectivity index (χ2n) is 6.55. The van der Waals surface area contributed by atoms with E-state index in [1.165, 1.54) is 0 Å². The molecular formula is C16H23ClN2O3S. The van der Waals surface area contributed by atoms with Crippen molar-refractivity contribution in [2.24, 2.45) is 11.3 Å². The van der Waals surface area contributed by atoms with Crippen LogP contribution < -0.4 is 0 Å². The highest BCUT2D eigenvalue weighted by molar-refractivity contribution is 7.09. The maximum atomic E-state index is 12.4. The third-order valence-electron chi connectivity index (χ3n) is 5.12. The normalized spacial score (nSPS) is 26.6. The van der Waals surface area contributed by atoms with Gasteiger partial charge in [0, 0.05) is 25.0 Å². The van der Waals surface area contributed by atoms with Crippen LogP contribution in [0.4, 0.5) is 0 Å². The first-order valence-corrected chi connectivity index (χ1v) is 8.61. The van der Waals surface area contributed by atoms with Gasteiger partial charge in [0.25, 0.3) is 0 Å². The van der Waals surface area contributed by atoms with Gasteiger partial charge in [-0.3, -0.25) is 14.5 Å². The van der Waals surface area contributed by atoms with Crippen molar-refractivity contribution in [3.8, 4) is 0 Å². The smallest absolute Gasteiger partial charge is 0.311 e. The lowest BCUT2D eigenvalue weighted by Crippen LogP contribution is -2.39. The summed E-state index contributed by atoms with van der Waals surface area (Å²) < 4.78 is 0. The average Bonchev–Trinajstić information content (AvgIpc) is 3.13. The van der Waals surface area contributed by atoms with E-state index in [0.717, 1.165) is 30.7 Å². The number of nitrogens with zero attached hydrogens (tertiary/aromatic N) is 2. The number of fused-ring (bicyclic) bond motifs is 1. The van der Waals surface area contributed by atoms with E-state index in [0.29, 0.717) is 19.6 Å². The van der Waals surface area contributed by atoms with Crippen LogP contribution in [0, 0.1) is 11.3 Å². The zero-order chi connectivity index (χ0) is 15.7. The summed E-state index contributed by atoms with van der Waals surface area (Å²) in [6, 6.07) is 4.00. The van der Waals surface area contributed by atoms with Crippen molar-refractivity contribution < 1.29 is 14.7 Å². The fourth-order valence-corrected chi connectivity index (χ4v) is 4.66. The van der Waals surface area contributed by atoms with Crippen LogP contribution in [0.3, 0.4) is 0 Å². The Morgan fingerprint density at radius 1 is 1.52 bits per heavy atom. The molecule has 2 heterocycles. The van der Waals surface area contributed by atoms with Gasteiger partial charge >= 0.3 is 5.97 Å². The lowest BCUT2D eigenvalue weighted by atomic mass is 9.81. The number of amides is 1. The van der Waals surface area contributed by atoms with Gasteiger partial charge in [0.1, 0.15) is 0 Å². The van der Waals surface area contributed by atoms with Crippen LogP contribution in [0.5, 0.6) is 0 Å². The molecule has 3 rings (SSSR count). The van der Waals surface area contributed by atoms with Crippen LogP contribution in [0.25, 0.3) is 0 Å². The molecule has 128 valence electrons. The second kappa shape index (κ2) is 7.20. The number of likely N-dealkylation sites (tertiary alicyclic amines) is 1. The molecule has 2 fully saturated rings. The third-order valence-corrected chi connectivity index (χ3v) is 5.99. The minimum absolute atomic E-state index is 0. The van der Waals surface area contributed by atoms with Crippen molar-refractivity contribution in [1.82, 2.24) is 9.80 Å². The summed E-state index contributed by atoms with van der Waals surface area (Å²) in [4.78, 5) is 28.9. The molecule has 2 aliphatic rings. The summed E-state index contributed by atoms with van der Waals surface area (Å²) in [6.07, 6.45) is 2.72. The molecule has 0 radical (unpaired) electrons. The van der Waals surface area contributed by atoms with Crippen molar-refractivity contribution in [1.29, 1.82) is 0 Å². The van der Waals surface area contributed by atoms with E-state index in [1.54, 1.807) is 16.2 Å². The zero-order valence-electron chi connectivity index (χ0n) is 13.2. The van der Waals surface area contributed by atoms with Crippen LogP contribution in [0.1, 0.15) is 24.1 Å². The quantitative estimate of drug-likeness (QED) is 0.877. The molecule has 5 nitrogen and oxygen atoms in total. The Balaban J connectivity index is 0.00000192. The van der Waals surface area contributed by atoms with Gasteiger partial charge in [-0.2, -0.15) is 0 Å². The molecule has 23 heavy (non-hydrogen) atoms. The van der Waals surface area contributed by atoms with E-state index in [2.05, 4.69) is 0 Å². The monoisotopic (exact) mass is 358 g/mol. The predicted molar refractivity (Wildman–Crippen MR) is 91.9 cm³/mol. The Morgan fingerprint density at radius 2 is 2.30 bits per heavy atom. The molecule has 1 aliphatic carbocycles. The molecule has 1 saturated heterocycles. The Kier molecular flexibility index (Phi) is 5.70. The number of carbonyl (C=O) groups excluding carboxylic acids is 1. The second-order valence-corrected chi connectivity index (χ2v) is 7.58. The Bertz CT molecular complexity index is 566. The number of thiophene rings is 1. The minimum Gasteiger partial charge on any atom is -0.481 e. The highest BCUT2D eigenvalue weighted by Gasteiger charge is 2.54. The molecule has 1 amide bonds. The number of halogens is 1. The molecule has 0 aromatic carbocycles. The molecule has 1 aromatic heterocycles. The van der Waals surface area contributed by atoms with Gasteiger partial charge in [0.05, 0.1) is 18.5 Å². The number of aliphatic carboxylic acids is 1. The molecule has 0 unspecified atom stereocenters. The summed E-state index contributed by atoms with van der Waals surface area (Å²) >= 11 is 1.64. The topological polar surface area (TPSA) is 60.9 Å². The van der Waals surface area contributed by atoms with Crippen LogP contribution >= 0.6 is 23.7 Å². The van der Waals surface area contributed by atoms with E-state index in [4.69, 9.17) is 0 Å². The lowest BCUT2D eigenvalue weighted by Gasteiger charge is -2.24. The SMILES string of the molecule is CN(Cc1cccs1)C(=O)CN1C[C@@H]2CCC[C@@]2(C(=O)O)C1.Cl. The molecule has 1 saturated carbocycles. The van der Waals surface area contributed by atoms with Crippen LogP contribution in [0.2, 0.25) is 0 Å². The lowest BCUT2D eigenvalue weighted by molar-refractivity contribution is -0.149. The number of carboxylic acid groups (broad SMARTS) is 1. The van der Waals surface area contributed by atoms with Gasteiger partial charge < -0.3 is 10.0 Å². The molecule has 7 heteroatoms. The fourth-order valence-electron chi connectivity index (χ4n) is 3.90. The summed E-state index contributed by atoms with van der Waals surface area (Å²) in [6.45, 7) is 2.21. The minimum atomic E-state index is -0.683. The third kappa shape index (κ3) is 3.54. The van der Waals surface area contributed by atoms with E-state index < -0.39 is 11.4 Å². The first-order valence-electron chi connectivity index (χ1n) is 7.73. The maximum absolute atomic E-state index is 12.4. The van der Waals surface area contributed by atoms with Crippen molar-refractivity contribution in [2.75, 3.05) is 26.7 Å². The molecule has 0 bridgehead atoms. The van der Waals surface area contributed by atoms with E-state index in [1.807, 2.05) is 29.5 Å². The van der Waals surface area contributed by atoms with Gasteiger partial charge in [-0.1, -0.05) is 12.5 Å². The number of hydrogen-bond donors (Lipinski definition) is 1. The molecule has 0 spiro atoms. The number of hydrogen-bond acceptors (Lipinski definition) is 4. The van der Waals surface area contributed by atoms with E-state index in [-0.39, 0.29) is 24.2 Å². The molecular weight excluding hydrogens is 336 g/mol. The number of likely N-dealkylation sites (N-methyl/N-ethyl adjacent to an activating group) is 1. The number of carboxylic acids is 1. The number of rotatable bonds is 5. The van der Waals surface area contributed by atoms with Crippen molar-refractivity contribution in [3.05, 3.63) is 22.4 Å². The van der Waals surface area contributed by atoms with Crippen LogP contribution in [-0.4, -0.2) is 53.5 Å². The Hall–Kier alpha value is -1.11. The van der Waals surface area contributed by atoms with Crippen LogP contribution in [-0.2, 0) is 16.1 Å². The fraction of sp³-hybridized carbons (Fsp3) is 0.625. The van der Waals surface area contributed by atoms with E-state index in [9.17, 15) is 14.7 Å². The summed E-state index contributed by atoms with van der Waals surface area (Å²) in [5.41, 5.74) is -0.605. The summed E-state index contributed by atoms with van der Waals surface area (Å²) in [5.74, 6) is -0.411. The van der Waals surface area contributed by atoms with Gasteiger partial charge in [0.2, 0.25) is 5.91 Å². The highest BCUT2D eigenvalue weighted by Crippen LogP contribution is 2.48. The van der Waals surface area contributed by atoms with Crippen molar-refractivity contribution in [3.63, 3.8) is 0 Å². The first-order chi connectivity index (χ1) is 10.5.